The number of carbonyl (C=O) groups is 2. The Kier molecular flexibility index (Phi) is 13.3. The van der Waals surface area contributed by atoms with Gasteiger partial charge in [0.1, 0.15) is 0 Å². The van der Waals surface area contributed by atoms with Gasteiger partial charge in [0.25, 0.3) is 0 Å². The topological polar surface area (TPSA) is 55.4 Å². The summed E-state index contributed by atoms with van der Waals surface area (Å²) in [6.45, 7) is 5.71. The van der Waals surface area contributed by atoms with Gasteiger partial charge in [-0.15, -0.1) is 0 Å². The van der Waals surface area contributed by atoms with Gasteiger partial charge >= 0.3 is 0 Å². The third-order valence-corrected chi connectivity index (χ3v) is 5.74. The highest BCUT2D eigenvalue weighted by atomic mass is 127. The quantitative estimate of drug-likeness (QED) is 0.256. The third-order valence-electron chi connectivity index (χ3n) is 4.82. The molecule has 0 fully saturated rings. The summed E-state index contributed by atoms with van der Waals surface area (Å²) in [5.74, 6) is 0.403. The van der Waals surface area contributed by atoms with E-state index in [-0.39, 0.29) is 23.7 Å². The normalized spacial score (nSPS) is 19.7. The molecule has 150 valence electrons. The number of halogens is 1. The number of ether oxygens (including phenoxy) is 1. The smallest absolute Gasteiger partial charge is 0.219 e. The summed E-state index contributed by atoms with van der Waals surface area (Å²) < 4.78 is 7.10. The van der Waals surface area contributed by atoms with Crippen LogP contribution in [0.2, 0.25) is 0 Å². The van der Waals surface area contributed by atoms with Crippen molar-refractivity contribution in [3.05, 3.63) is 9.66 Å². The molecule has 0 aromatic carbocycles. The summed E-state index contributed by atoms with van der Waals surface area (Å²) >= 11 is 2.25. The van der Waals surface area contributed by atoms with Crippen LogP contribution in [-0.4, -0.2) is 30.9 Å². The van der Waals surface area contributed by atoms with Gasteiger partial charge in [-0.25, -0.2) is 0 Å². The maximum absolute atomic E-state index is 12.2. The molecule has 1 aliphatic rings. The van der Waals surface area contributed by atoms with Gasteiger partial charge in [-0.3, -0.25) is 9.59 Å². The highest BCUT2D eigenvalue weighted by molar-refractivity contribution is 14.1. The molecular weight excluding hydrogens is 441 g/mol. The summed E-state index contributed by atoms with van der Waals surface area (Å²) in [4.78, 5) is 23.7. The molecule has 0 aromatic heterocycles. The first-order valence-corrected chi connectivity index (χ1v) is 11.5. The zero-order valence-corrected chi connectivity index (χ0v) is 18.7. The summed E-state index contributed by atoms with van der Waals surface area (Å²) in [7, 11) is 0. The third kappa shape index (κ3) is 9.49. The summed E-state index contributed by atoms with van der Waals surface area (Å²) in [6.07, 6.45) is 13.2. The van der Waals surface area contributed by atoms with E-state index in [4.69, 9.17) is 4.74 Å². The lowest BCUT2D eigenvalue weighted by Crippen LogP contribution is -2.25. The lowest BCUT2D eigenvalue weighted by Gasteiger charge is -2.20. The van der Waals surface area contributed by atoms with Gasteiger partial charge in [0.2, 0.25) is 5.91 Å². The van der Waals surface area contributed by atoms with Crippen molar-refractivity contribution in [2.24, 2.45) is 5.92 Å². The molecule has 0 heterocycles. The Balaban J connectivity index is 2.19. The molecule has 0 radical (unpaired) electrons. The number of carbonyl (C=O) groups excluding carboxylic acids is 2. The lowest BCUT2D eigenvalue weighted by molar-refractivity contribution is -0.122. The van der Waals surface area contributed by atoms with Gasteiger partial charge in [0, 0.05) is 23.2 Å². The van der Waals surface area contributed by atoms with Crippen molar-refractivity contribution in [1.29, 1.82) is 0 Å². The van der Waals surface area contributed by atoms with Crippen LogP contribution in [0.1, 0.15) is 84.5 Å². The molecule has 1 amide bonds. The molecule has 0 aromatic rings. The average molecular weight is 477 g/mol. The van der Waals surface area contributed by atoms with Crippen LogP contribution in [0.5, 0.6) is 0 Å². The van der Waals surface area contributed by atoms with E-state index >= 15 is 0 Å². The maximum Gasteiger partial charge on any atom is 0.219 e. The van der Waals surface area contributed by atoms with Crippen LogP contribution >= 0.6 is 22.6 Å². The van der Waals surface area contributed by atoms with Crippen LogP contribution < -0.4 is 5.32 Å². The predicted octanol–water partition coefficient (Wildman–Crippen LogP) is 5.34. The minimum atomic E-state index is -0.0397. The lowest BCUT2D eigenvalue weighted by atomic mass is 9.95. The molecule has 26 heavy (non-hydrogen) atoms. The van der Waals surface area contributed by atoms with Crippen molar-refractivity contribution in [3.8, 4) is 0 Å². The van der Waals surface area contributed by atoms with Crippen molar-refractivity contribution in [1.82, 2.24) is 5.32 Å². The Morgan fingerprint density at radius 3 is 2.54 bits per heavy atom. The van der Waals surface area contributed by atoms with E-state index in [0.29, 0.717) is 13.0 Å². The zero-order chi connectivity index (χ0) is 19.2. The minimum absolute atomic E-state index is 0.0170. The highest BCUT2D eigenvalue weighted by Gasteiger charge is 2.35. The standard InChI is InChI=1S/C21H36INO3/c1-3-5-6-7-9-12-17-19(24)16-18(22)21(17)26-15-11-8-10-13-20(25)23-14-4-2/h16-17,21H,3-15H2,1-2H3,(H,23,25)/t17-,21+/m0/s1. The summed E-state index contributed by atoms with van der Waals surface area (Å²) in [6, 6.07) is 0. The number of nitrogens with one attached hydrogen (secondary N) is 1. The first-order chi connectivity index (χ1) is 12.6. The molecule has 4 nitrogen and oxygen atoms in total. The van der Waals surface area contributed by atoms with Crippen molar-refractivity contribution in [2.75, 3.05) is 13.2 Å². The van der Waals surface area contributed by atoms with E-state index in [0.717, 1.165) is 48.6 Å². The van der Waals surface area contributed by atoms with Crippen molar-refractivity contribution >= 4 is 34.3 Å². The molecule has 0 bridgehead atoms. The number of ketones is 1. The van der Waals surface area contributed by atoms with Crippen molar-refractivity contribution in [3.63, 3.8) is 0 Å². The Bertz CT molecular complexity index is 451. The number of amides is 1. The summed E-state index contributed by atoms with van der Waals surface area (Å²) in [5.41, 5.74) is 0. The van der Waals surface area contributed by atoms with E-state index in [2.05, 4.69) is 41.8 Å². The van der Waals surface area contributed by atoms with Crippen LogP contribution in [-0.2, 0) is 14.3 Å². The van der Waals surface area contributed by atoms with Crippen LogP contribution in [0.4, 0.5) is 0 Å². The van der Waals surface area contributed by atoms with Gasteiger partial charge in [-0.1, -0.05) is 52.4 Å². The number of hydrogen-bond acceptors (Lipinski definition) is 3. The maximum atomic E-state index is 12.2. The number of allylic oxidation sites excluding steroid dienone is 1. The highest BCUT2D eigenvalue weighted by Crippen LogP contribution is 2.33. The van der Waals surface area contributed by atoms with Crippen LogP contribution in [0.15, 0.2) is 9.66 Å². The van der Waals surface area contributed by atoms with Crippen LogP contribution in [0.3, 0.4) is 0 Å². The van der Waals surface area contributed by atoms with E-state index in [1.807, 2.05) is 0 Å². The van der Waals surface area contributed by atoms with E-state index in [9.17, 15) is 9.59 Å². The molecule has 1 aliphatic carbocycles. The van der Waals surface area contributed by atoms with Gasteiger partial charge in [0.05, 0.1) is 12.0 Å². The Morgan fingerprint density at radius 1 is 1.08 bits per heavy atom. The molecule has 0 aliphatic heterocycles. The molecule has 0 unspecified atom stereocenters. The molecule has 2 atom stereocenters. The fourth-order valence-electron chi connectivity index (χ4n) is 3.25. The first kappa shape index (κ1) is 23.6. The molecule has 1 N–H and O–H groups in total. The molecule has 0 saturated carbocycles. The van der Waals surface area contributed by atoms with Crippen LogP contribution in [0.25, 0.3) is 0 Å². The second-order valence-corrected chi connectivity index (χ2v) is 8.44. The molecule has 5 heteroatoms. The molecule has 0 saturated heterocycles. The Morgan fingerprint density at radius 2 is 1.81 bits per heavy atom. The summed E-state index contributed by atoms with van der Waals surface area (Å²) in [5, 5.41) is 2.90. The fourth-order valence-corrected chi connectivity index (χ4v) is 4.17. The second kappa shape index (κ2) is 14.6. The molecular formula is C21H36INO3. The average Bonchev–Trinajstić information content (AvgIpc) is 2.89. The van der Waals surface area contributed by atoms with Gasteiger partial charge < -0.3 is 10.1 Å². The van der Waals surface area contributed by atoms with Crippen LogP contribution in [0, 0.1) is 5.92 Å². The molecule has 0 spiro atoms. The first-order valence-electron chi connectivity index (χ1n) is 10.4. The monoisotopic (exact) mass is 477 g/mol. The Hall–Kier alpha value is -0.430. The zero-order valence-electron chi connectivity index (χ0n) is 16.5. The number of hydrogen-bond donors (Lipinski definition) is 1. The SMILES string of the molecule is CCCCCCC[C@H]1C(=O)C=C(I)[C@@H]1OCCCCCC(=O)NCCC. The van der Waals surface area contributed by atoms with Gasteiger partial charge in [-0.05, 0) is 54.4 Å². The van der Waals surface area contributed by atoms with Gasteiger partial charge in [-0.2, -0.15) is 0 Å². The number of rotatable bonds is 15. The van der Waals surface area contributed by atoms with Gasteiger partial charge in [0.15, 0.2) is 5.78 Å². The van der Waals surface area contributed by atoms with Crippen molar-refractivity contribution in [2.45, 2.75) is 90.6 Å². The largest absolute Gasteiger partial charge is 0.372 e. The Labute approximate surface area is 173 Å². The second-order valence-electron chi connectivity index (χ2n) is 7.19. The molecule has 1 rings (SSSR count). The minimum Gasteiger partial charge on any atom is -0.372 e. The predicted molar refractivity (Wildman–Crippen MR) is 115 cm³/mol. The fraction of sp³-hybridized carbons (Fsp3) is 0.810. The number of unbranched alkanes of at least 4 members (excludes halogenated alkanes) is 6. The van der Waals surface area contributed by atoms with E-state index in [1.165, 1.54) is 25.7 Å². The van der Waals surface area contributed by atoms with E-state index in [1.54, 1.807) is 6.08 Å². The van der Waals surface area contributed by atoms with E-state index < -0.39 is 0 Å². The van der Waals surface area contributed by atoms with Crippen molar-refractivity contribution < 1.29 is 14.3 Å².